The molecule has 0 saturated heterocycles. The van der Waals surface area contributed by atoms with Gasteiger partial charge in [-0.15, -0.1) is 0 Å². The average molecular weight is 359 g/mol. The van der Waals surface area contributed by atoms with E-state index in [1.165, 1.54) is 6.07 Å². The van der Waals surface area contributed by atoms with Gasteiger partial charge in [-0.25, -0.2) is 4.39 Å². The summed E-state index contributed by atoms with van der Waals surface area (Å²) in [6.07, 6.45) is 4.42. The van der Waals surface area contributed by atoms with Gasteiger partial charge in [0.25, 0.3) is 0 Å². The SMILES string of the molecule is CCCC(CCN)CCC(=O)Nc1cc(F)c(Br)cc1C. The predicted octanol–water partition coefficient (Wildman–Crippen LogP) is 4.38. The number of hydrogen-bond acceptors (Lipinski definition) is 2. The number of halogens is 2. The van der Waals surface area contributed by atoms with E-state index in [2.05, 4.69) is 28.2 Å². The maximum absolute atomic E-state index is 13.5. The van der Waals surface area contributed by atoms with Gasteiger partial charge in [0.2, 0.25) is 5.91 Å². The highest BCUT2D eigenvalue weighted by Crippen LogP contribution is 2.24. The van der Waals surface area contributed by atoms with Crippen LogP contribution in [0.5, 0.6) is 0 Å². The average Bonchev–Trinajstić information content (AvgIpc) is 2.42. The van der Waals surface area contributed by atoms with Crippen LogP contribution in [0.2, 0.25) is 0 Å². The van der Waals surface area contributed by atoms with Gasteiger partial charge in [-0.05, 0) is 65.9 Å². The quantitative estimate of drug-likeness (QED) is 0.724. The zero-order chi connectivity index (χ0) is 15.8. The normalized spacial score (nSPS) is 12.2. The van der Waals surface area contributed by atoms with Crippen molar-refractivity contribution in [3.63, 3.8) is 0 Å². The van der Waals surface area contributed by atoms with Crippen LogP contribution in [-0.2, 0) is 4.79 Å². The first kappa shape index (κ1) is 18.1. The second-order valence-electron chi connectivity index (χ2n) is 5.40. The van der Waals surface area contributed by atoms with Gasteiger partial charge in [0.05, 0.1) is 4.47 Å². The number of nitrogens with two attached hydrogens (primary N) is 1. The molecule has 118 valence electrons. The van der Waals surface area contributed by atoms with Crippen molar-refractivity contribution in [3.05, 3.63) is 28.0 Å². The van der Waals surface area contributed by atoms with Crippen molar-refractivity contribution in [2.45, 2.75) is 46.0 Å². The smallest absolute Gasteiger partial charge is 0.224 e. The van der Waals surface area contributed by atoms with E-state index >= 15 is 0 Å². The molecule has 0 fully saturated rings. The Bertz CT molecular complexity index is 474. The maximum atomic E-state index is 13.5. The monoisotopic (exact) mass is 358 g/mol. The Morgan fingerprint density at radius 2 is 2.10 bits per heavy atom. The molecule has 1 atom stereocenters. The van der Waals surface area contributed by atoms with Gasteiger partial charge in [-0.2, -0.15) is 0 Å². The van der Waals surface area contributed by atoms with Crippen LogP contribution in [0.15, 0.2) is 16.6 Å². The van der Waals surface area contributed by atoms with Crippen molar-refractivity contribution in [2.75, 3.05) is 11.9 Å². The lowest BCUT2D eigenvalue weighted by atomic mass is 9.94. The summed E-state index contributed by atoms with van der Waals surface area (Å²) >= 11 is 3.13. The molecule has 0 saturated carbocycles. The summed E-state index contributed by atoms with van der Waals surface area (Å²) in [5.74, 6) is 0.0503. The molecule has 1 aromatic rings. The van der Waals surface area contributed by atoms with Crippen LogP contribution >= 0.6 is 15.9 Å². The van der Waals surface area contributed by atoms with Gasteiger partial charge in [0.1, 0.15) is 5.82 Å². The first-order valence-electron chi connectivity index (χ1n) is 7.43. The third kappa shape index (κ3) is 6.14. The van der Waals surface area contributed by atoms with Gasteiger partial charge >= 0.3 is 0 Å². The minimum absolute atomic E-state index is 0.0713. The summed E-state index contributed by atoms with van der Waals surface area (Å²) in [6.45, 7) is 4.63. The van der Waals surface area contributed by atoms with Crippen molar-refractivity contribution in [1.29, 1.82) is 0 Å². The standard InChI is InChI=1S/C16H24BrFN2O/c1-3-4-12(7-8-19)5-6-16(21)20-15-10-14(18)13(17)9-11(15)2/h9-10,12H,3-8,19H2,1-2H3,(H,20,21). The Labute approximate surface area is 134 Å². The zero-order valence-corrected chi connectivity index (χ0v) is 14.3. The number of anilines is 1. The van der Waals surface area contributed by atoms with E-state index < -0.39 is 0 Å². The van der Waals surface area contributed by atoms with E-state index in [0.717, 1.165) is 31.2 Å². The summed E-state index contributed by atoms with van der Waals surface area (Å²) in [7, 11) is 0. The molecule has 5 heteroatoms. The van der Waals surface area contributed by atoms with Crippen molar-refractivity contribution < 1.29 is 9.18 Å². The van der Waals surface area contributed by atoms with Crippen LogP contribution in [0.25, 0.3) is 0 Å². The lowest BCUT2D eigenvalue weighted by Crippen LogP contribution is -2.16. The van der Waals surface area contributed by atoms with Crippen molar-refractivity contribution in [3.8, 4) is 0 Å². The number of nitrogens with one attached hydrogen (secondary N) is 1. The summed E-state index contributed by atoms with van der Waals surface area (Å²) in [4.78, 5) is 12.0. The lowest BCUT2D eigenvalue weighted by molar-refractivity contribution is -0.116. The fraction of sp³-hybridized carbons (Fsp3) is 0.562. The summed E-state index contributed by atoms with van der Waals surface area (Å²) in [6, 6.07) is 3.01. The molecule has 3 nitrogen and oxygen atoms in total. The number of aryl methyl sites for hydroxylation is 1. The Hall–Kier alpha value is -0.940. The van der Waals surface area contributed by atoms with E-state index in [1.54, 1.807) is 6.07 Å². The van der Waals surface area contributed by atoms with Crippen LogP contribution < -0.4 is 11.1 Å². The first-order chi connectivity index (χ1) is 9.97. The van der Waals surface area contributed by atoms with Crippen molar-refractivity contribution in [1.82, 2.24) is 0 Å². The molecule has 1 rings (SSSR count). The molecule has 1 unspecified atom stereocenters. The molecule has 0 spiro atoms. The highest BCUT2D eigenvalue weighted by molar-refractivity contribution is 9.10. The first-order valence-corrected chi connectivity index (χ1v) is 8.22. The molecular formula is C16H24BrFN2O. The molecule has 0 radical (unpaired) electrons. The summed E-state index contributed by atoms with van der Waals surface area (Å²) in [5, 5.41) is 2.79. The second-order valence-corrected chi connectivity index (χ2v) is 6.25. The third-order valence-corrected chi connectivity index (χ3v) is 4.20. The van der Waals surface area contributed by atoms with Crippen LogP contribution in [0.4, 0.5) is 10.1 Å². The van der Waals surface area contributed by atoms with Crippen molar-refractivity contribution in [2.24, 2.45) is 11.7 Å². The maximum Gasteiger partial charge on any atom is 0.224 e. The van der Waals surface area contributed by atoms with E-state index in [1.807, 2.05) is 6.92 Å². The van der Waals surface area contributed by atoms with Gasteiger partial charge in [-0.3, -0.25) is 4.79 Å². The van der Waals surface area contributed by atoms with Crippen LogP contribution in [0.1, 0.15) is 44.6 Å². The molecule has 1 amide bonds. The van der Waals surface area contributed by atoms with Crippen molar-refractivity contribution >= 4 is 27.5 Å². The Balaban J connectivity index is 2.55. The molecule has 0 aliphatic carbocycles. The summed E-state index contributed by atoms with van der Waals surface area (Å²) in [5.41, 5.74) is 6.96. The number of carbonyl (C=O) groups excluding carboxylic acids is 1. The Morgan fingerprint density at radius 1 is 1.38 bits per heavy atom. The molecule has 0 aromatic heterocycles. The Kier molecular flexibility index (Phi) is 7.89. The second kappa shape index (κ2) is 9.15. The van der Waals surface area contributed by atoms with Crippen LogP contribution in [0, 0.1) is 18.7 Å². The largest absolute Gasteiger partial charge is 0.330 e. The van der Waals surface area contributed by atoms with E-state index in [0.29, 0.717) is 29.0 Å². The van der Waals surface area contributed by atoms with Gasteiger partial charge in [0.15, 0.2) is 0 Å². The number of amides is 1. The molecule has 21 heavy (non-hydrogen) atoms. The summed E-state index contributed by atoms with van der Waals surface area (Å²) < 4.78 is 13.9. The van der Waals surface area contributed by atoms with Gasteiger partial charge in [-0.1, -0.05) is 19.8 Å². The van der Waals surface area contributed by atoms with Crippen LogP contribution in [0.3, 0.4) is 0 Å². The molecule has 1 aromatic carbocycles. The fourth-order valence-electron chi connectivity index (χ4n) is 2.41. The zero-order valence-electron chi connectivity index (χ0n) is 12.7. The Morgan fingerprint density at radius 3 is 2.71 bits per heavy atom. The van der Waals surface area contributed by atoms with E-state index in [9.17, 15) is 9.18 Å². The van der Waals surface area contributed by atoms with Gasteiger partial charge in [0, 0.05) is 12.1 Å². The molecule has 0 aliphatic heterocycles. The van der Waals surface area contributed by atoms with Crippen LogP contribution in [-0.4, -0.2) is 12.5 Å². The number of benzene rings is 1. The number of carbonyl (C=O) groups is 1. The predicted molar refractivity (Wildman–Crippen MR) is 88.8 cm³/mol. The third-order valence-electron chi connectivity index (χ3n) is 3.59. The molecule has 3 N–H and O–H groups in total. The highest BCUT2D eigenvalue weighted by atomic mass is 79.9. The van der Waals surface area contributed by atoms with E-state index in [-0.39, 0.29) is 11.7 Å². The molecular weight excluding hydrogens is 335 g/mol. The molecule has 0 heterocycles. The number of rotatable bonds is 8. The topological polar surface area (TPSA) is 55.1 Å². The number of hydrogen-bond donors (Lipinski definition) is 2. The molecule has 0 bridgehead atoms. The lowest BCUT2D eigenvalue weighted by Gasteiger charge is -2.15. The minimum Gasteiger partial charge on any atom is -0.330 e. The van der Waals surface area contributed by atoms with E-state index in [4.69, 9.17) is 5.73 Å². The minimum atomic E-state index is -0.372. The fourth-order valence-corrected chi connectivity index (χ4v) is 2.86. The highest BCUT2D eigenvalue weighted by Gasteiger charge is 2.12. The van der Waals surface area contributed by atoms with Gasteiger partial charge < -0.3 is 11.1 Å². The molecule has 0 aliphatic rings.